The lowest BCUT2D eigenvalue weighted by Crippen LogP contribution is -2.28. The van der Waals surface area contributed by atoms with Crippen molar-refractivity contribution in [2.75, 3.05) is 24.1 Å². The van der Waals surface area contributed by atoms with Crippen LogP contribution in [-0.2, 0) is 10.0 Å². The van der Waals surface area contributed by atoms with Crippen molar-refractivity contribution in [1.29, 1.82) is 0 Å². The molecule has 6 nitrogen and oxygen atoms in total. The first-order chi connectivity index (χ1) is 12.2. The standard InChI is InChI=1S/C18H21ClN2O4S/c1-12-4-7-17(13(2)10-12)25-9-8-20-18(22)15-11-14(5-6-16(15)19)21-26(3,23)24/h4-7,10-11,21H,8-9H2,1-3H3,(H,20,22). The third-order valence-electron chi connectivity index (χ3n) is 3.49. The highest BCUT2D eigenvalue weighted by Crippen LogP contribution is 2.21. The summed E-state index contributed by atoms with van der Waals surface area (Å²) in [5.74, 6) is 0.360. The zero-order valence-corrected chi connectivity index (χ0v) is 16.4. The first-order valence-corrected chi connectivity index (χ1v) is 10.2. The third-order valence-corrected chi connectivity index (χ3v) is 4.43. The zero-order chi connectivity index (χ0) is 19.3. The van der Waals surface area contributed by atoms with Gasteiger partial charge in [-0.2, -0.15) is 0 Å². The Morgan fingerprint density at radius 3 is 2.54 bits per heavy atom. The molecule has 2 rings (SSSR count). The number of amides is 1. The monoisotopic (exact) mass is 396 g/mol. The smallest absolute Gasteiger partial charge is 0.252 e. The molecule has 0 spiro atoms. The Bertz CT molecular complexity index is 913. The van der Waals surface area contributed by atoms with Gasteiger partial charge in [0.05, 0.1) is 23.4 Å². The van der Waals surface area contributed by atoms with E-state index in [-0.39, 0.29) is 22.8 Å². The highest BCUT2D eigenvalue weighted by Gasteiger charge is 2.12. The van der Waals surface area contributed by atoms with E-state index in [9.17, 15) is 13.2 Å². The fourth-order valence-corrected chi connectivity index (χ4v) is 3.12. The largest absolute Gasteiger partial charge is 0.491 e. The van der Waals surface area contributed by atoms with E-state index in [4.69, 9.17) is 16.3 Å². The lowest BCUT2D eigenvalue weighted by molar-refractivity contribution is 0.0947. The summed E-state index contributed by atoms with van der Waals surface area (Å²) in [4.78, 5) is 12.3. The highest BCUT2D eigenvalue weighted by atomic mass is 35.5. The van der Waals surface area contributed by atoms with Gasteiger partial charge in [-0.25, -0.2) is 8.42 Å². The van der Waals surface area contributed by atoms with Gasteiger partial charge in [-0.1, -0.05) is 29.3 Å². The Morgan fingerprint density at radius 1 is 1.15 bits per heavy atom. The summed E-state index contributed by atoms with van der Waals surface area (Å²) in [6.45, 7) is 4.55. The molecule has 0 aliphatic rings. The molecule has 2 aromatic rings. The Balaban J connectivity index is 1.94. The highest BCUT2D eigenvalue weighted by molar-refractivity contribution is 7.92. The fourth-order valence-electron chi connectivity index (χ4n) is 2.36. The van der Waals surface area contributed by atoms with E-state index in [1.54, 1.807) is 0 Å². The molecule has 0 unspecified atom stereocenters. The van der Waals surface area contributed by atoms with Crippen molar-refractivity contribution in [3.8, 4) is 5.75 Å². The van der Waals surface area contributed by atoms with Crippen molar-refractivity contribution in [3.05, 3.63) is 58.1 Å². The second-order valence-electron chi connectivity index (χ2n) is 5.94. The van der Waals surface area contributed by atoms with E-state index < -0.39 is 15.9 Å². The van der Waals surface area contributed by atoms with Crippen LogP contribution in [0.1, 0.15) is 21.5 Å². The molecule has 0 saturated heterocycles. The van der Waals surface area contributed by atoms with Crippen molar-refractivity contribution < 1.29 is 17.9 Å². The van der Waals surface area contributed by atoms with Crippen LogP contribution in [0.15, 0.2) is 36.4 Å². The number of anilines is 1. The maximum absolute atomic E-state index is 12.3. The number of rotatable bonds is 7. The number of hydrogen-bond donors (Lipinski definition) is 2. The molecular weight excluding hydrogens is 376 g/mol. The molecule has 0 aromatic heterocycles. The van der Waals surface area contributed by atoms with Crippen LogP contribution in [0.2, 0.25) is 5.02 Å². The van der Waals surface area contributed by atoms with E-state index in [1.807, 2.05) is 32.0 Å². The number of hydrogen-bond acceptors (Lipinski definition) is 4. The number of carbonyl (C=O) groups is 1. The molecule has 0 radical (unpaired) electrons. The Labute approximate surface area is 158 Å². The average Bonchev–Trinajstić information content (AvgIpc) is 2.53. The molecule has 8 heteroatoms. The zero-order valence-electron chi connectivity index (χ0n) is 14.8. The lowest BCUT2D eigenvalue weighted by atomic mass is 10.1. The molecule has 0 fully saturated rings. The van der Waals surface area contributed by atoms with Gasteiger partial charge in [0, 0.05) is 5.69 Å². The van der Waals surface area contributed by atoms with Crippen LogP contribution < -0.4 is 14.8 Å². The summed E-state index contributed by atoms with van der Waals surface area (Å²) >= 11 is 6.04. The number of ether oxygens (including phenoxy) is 1. The second kappa shape index (κ2) is 8.42. The second-order valence-corrected chi connectivity index (χ2v) is 8.10. The van der Waals surface area contributed by atoms with Crippen molar-refractivity contribution in [1.82, 2.24) is 5.32 Å². The van der Waals surface area contributed by atoms with Crippen LogP contribution in [0.4, 0.5) is 5.69 Å². The van der Waals surface area contributed by atoms with Crippen LogP contribution in [0.5, 0.6) is 5.75 Å². The molecule has 0 atom stereocenters. The van der Waals surface area contributed by atoms with E-state index in [1.165, 1.54) is 18.2 Å². The fraction of sp³-hybridized carbons (Fsp3) is 0.278. The minimum Gasteiger partial charge on any atom is -0.491 e. The Morgan fingerprint density at radius 2 is 1.88 bits per heavy atom. The van der Waals surface area contributed by atoms with Gasteiger partial charge in [0.25, 0.3) is 5.91 Å². The van der Waals surface area contributed by atoms with Crippen LogP contribution in [0.25, 0.3) is 0 Å². The van der Waals surface area contributed by atoms with Crippen molar-refractivity contribution in [2.45, 2.75) is 13.8 Å². The molecule has 0 bridgehead atoms. The first-order valence-electron chi connectivity index (χ1n) is 7.91. The predicted molar refractivity (Wildman–Crippen MR) is 104 cm³/mol. The van der Waals surface area contributed by atoms with Crippen LogP contribution >= 0.6 is 11.6 Å². The predicted octanol–water partition coefficient (Wildman–Crippen LogP) is 3.14. The van der Waals surface area contributed by atoms with Crippen LogP contribution in [0.3, 0.4) is 0 Å². The molecule has 2 aromatic carbocycles. The van der Waals surface area contributed by atoms with E-state index in [2.05, 4.69) is 10.0 Å². The topological polar surface area (TPSA) is 84.5 Å². The van der Waals surface area contributed by atoms with E-state index >= 15 is 0 Å². The number of halogens is 1. The van der Waals surface area contributed by atoms with Gasteiger partial charge in [-0.15, -0.1) is 0 Å². The molecule has 26 heavy (non-hydrogen) atoms. The molecule has 140 valence electrons. The number of nitrogens with one attached hydrogen (secondary N) is 2. The molecule has 0 aliphatic heterocycles. The summed E-state index contributed by atoms with van der Waals surface area (Å²) in [5.41, 5.74) is 2.64. The molecule has 1 amide bonds. The maximum atomic E-state index is 12.3. The maximum Gasteiger partial charge on any atom is 0.252 e. The summed E-state index contributed by atoms with van der Waals surface area (Å²) in [6, 6.07) is 10.2. The van der Waals surface area contributed by atoms with Gasteiger partial charge in [-0.05, 0) is 43.7 Å². The average molecular weight is 397 g/mol. The van der Waals surface area contributed by atoms with Gasteiger partial charge >= 0.3 is 0 Å². The normalized spacial score (nSPS) is 11.1. The number of sulfonamides is 1. The third kappa shape index (κ3) is 5.93. The molecule has 0 heterocycles. The minimum absolute atomic E-state index is 0.187. The van der Waals surface area contributed by atoms with Gasteiger partial charge in [0.2, 0.25) is 10.0 Å². The lowest BCUT2D eigenvalue weighted by Gasteiger charge is -2.12. The number of benzene rings is 2. The summed E-state index contributed by atoms with van der Waals surface area (Å²) < 4.78 is 30.6. The van der Waals surface area contributed by atoms with Gasteiger partial charge < -0.3 is 10.1 Å². The van der Waals surface area contributed by atoms with Crippen molar-refractivity contribution in [3.63, 3.8) is 0 Å². The van der Waals surface area contributed by atoms with Gasteiger partial charge in [-0.3, -0.25) is 9.52 Å². The van der Waals surface area contributed by atoms with Gasteiger partial charge in [0.15, 0.2) is 0 Å². The Kier molecular flexibility index (Phi) is 6.50. The molecule has 2 N–H and O–H groups in total. The summed E-state index contributed by atoms with van der Waals surface area (Å²) in [5, 5.41) is 2.94. The minimum atomic E-state index is -3.44. The van der Waals surface area contributed by atoms with Crippen molar-refractivity contribution in [2.24, 2.45) is 0 Å². The summed E-state index contributed by atoms with van der Waals surface area (Å²) in [6.07, 6.45) is 1.03. The van der Waals surface area contributed by atoms with Gasteiger partial charge in [0.1, 0.15) is 12.4 Å². The summed E-state index contributed by atoms with van der Waals surface area (Å²) in [7, 11) is -3.44. The van der Waals surface area contributed by atoms with E-state index in [0.717, 1.165) is 23.1 Å². The quantitative estimate of drug-likeness (QED) is 0.704. The number of carbonyl (C=O) groups excluding carboxylic acids is 1. The molecule has 0 aliphatic carbocycles. The molecule has 0 saturated carbocycles. The van der Waals surface area contributed by atoms with E-state index in [0.29, 0.717) is 6.61 Å². The number of aryl methyl sites for hydroxylation is 2. The van der Waals surface area contributed by atoms with Crippen LogP contribution in [-0.4, -0.2) is 33.7 Å². The van der Waals surface area contributed by atoms with Crippen molar-refractivity contribution >= 4 is 33.2 Å². The SMILES string of the molecule is Cc1ccc(OCCNC(=O)c2cc(NS(C)(=O)=O)ccc2Cl)c(C)c1. The Hall–Kier alpha value is -2.25. The van der Waals surface area contributed by atoms with Crippen LogP contribution in [0, 0.1) is 13.8 Å². The molecular formula is C18H21ClN2O4S. The first kappa shape index (κ1) is 20.1.